The second-order valence-electron chi connectivity index (χ2n) is 6.95. The van der Waals surface area contributed by atoms with E-state index in [1.807, 2.05) is 0 Å². The van der Waals surface area contributed by atoms with Crippen LogP contribution in [0, 0.1) is 31.3 Å². The van der Waals surface area contributed by atoms with Crippen molar-refractivity contribution in [3.63, 3.8) is 0 Å². The van der Waals surface area contributed by atoms with Crippen molar-refractivity contribution in [3.05, 3.63) is 83.1 Å². The Balaban J connectivity index is 1.82. The third-order valence-corrected chi connectivity index (χ3v) is 4.71. The molecule has 0 radical (unpaired) electrons. The number of pyridine rings is 1. The zero-order valence-corrected chi connectivity index (χ0v) is 16.5. The first-order chi connectivity index (χ1) is 14.7. The van der Waals surface area contributed by atoms with Crippen LogP contribution in [-0.2, 0) is 0 Å². The molecule has 0 saturated carbocycles. The van der Waals surface area contributed by atoms with Gasteiger partial charge in [-0.25, -0.2) is 17.9 Å². The van der Waals surface area contributed by atoms with Crippen molar-refractivity contribution in [2.45, 2.75) is 13.8 Å². The Kier molecular flexibility index (Phi) is 5.02. The molecule has 0 spiro atoms. The molecule has 9 heteroatoms. The van der Waals surface area contributed by atoms with Gasteiger partial charge in [0.15, 0.2) is 0 Å². The van der Waals surface area contributed by atoms with Crippen LogP contribution in [0.5, 0.6) is 0 Å². The number of nitrogens with two attached hydrogens (primary N) is 1. The monoisotopic (exact) mass is 423 g/mol. The summed E-state index contributed by atoms with van der Waals surface area (Å²) in [7, 11) is 0. The van der Waals surface area contributed by atoms with E-state index in [0.29, 0.717) is 34.4 Å². The molecule has 2 aromatic carbocycles. The molecular formula is C22H16F3N5O. The van der Waals surface area contributed by atoms with E-state index in [0.717, 1.165) is 0 Å². The fraction of sp³-hybridized carbons (Fsp3) is 0.0909. The van der Waals surface area contributed by atoms with Crippen LogP contribution < -0.4 is 5.73 Å². The van der Waals surface area contributed by atoms with Crippen molar-refractivity contribution in [1.29, 1.82) is 0 Å². The molecule has 0 aliphatic heterocycles. The second-order valence-corrected chi connectivity index (χ2v) is 6.95. The normalized spacial score (nSPS) is 11.8. The van der Waals surface area contributed by atoms with Crippen LogP contribution in [0.2, 0.25) is 0 Å². The Labute approximate surface area is 174 Å². The summed E-state index contributed by atoms with van der Waals surface area (Å²) in [4.78, 5) is 20.7. The molecule has 0 saturated heterocycles. The number of nitrogens with zero attached hydrogens (tertiary/aromatic N) is 4. The third kappa shape index (κ3) is 3.77. The first-order valence-electron chi connectivity index (χ1n) is 9.20. The summed E-state index contributed by atoms with van der Waals surface area (Å²) < 4.78 is 43.4. The summed E-state index contributed by atoms with van der Waals surface area (Å²) in [6.07, 6.45) is 1.38. The van der Waals surface area contributed by atoms with Crippen molar-refractivity contribution in [3.8, 4) is 11.1 Å². The highest BCUT2D eigenvalue weighted by molar-refractivity contribution is 6.06. The van der Waals surface area contributed by atoms with Crippen LogP contribution in [0.25, 0.3) is 22.0 Å². The second kappa shape index (κ2) is 7.67. The summed E-state index contributed by atoms with van der Waals surface area (Å²) in [5.41, 5.74) is 7.59. The minimum atomic E-state index is -1.06. The van der Waals surface area contributed by atoms with E-state index >= 15 is 0 Å². The molecule has 31 heavy (non-hydrogen) atoms. The molecule has 156 valence electrons. The van der Waals surface area contributed by atoms with E-state index in [9.17, 15) is 18.0 Å². The quantitative estimate of drug-likeness (QED) is 0.388. The van der Waals surface area contributed by atoms with E-state index in [4.69, 9.17) is 5.73 Å². The lowest BCUT2D eigenvalue weighted by atomic mass is 9.98. The number of halogens is 3. The van der Waals surface area contributed by atoms with Crippen LogP contribution in [0.3, 0.4) is 0 Å². The number of aromatic nitrogens is 3. The highest BCUT2D eigenvalue weighted by Gasteiger charge is 2.18. The number of hydrogen-bond donors (Lipinski definition) is 1. The molecule has 2 N–H and O–H groups in total. The lowest BCUT2D eigenvalue weighted by molar-refractivity contribution is 0.100. The molecule has 2 heterocycles. The van der Waals surface area contributed by atoms with Gasteiger partial charge < -0.3 is 5.73 Å². The van der Waals surface area contributed by atoms with Gasteiger partial charge in [-0.2, -0.15) is 10.1 Å². The van der Waals surface area contributed by atoms with Gasteiger partial charge in [0.1, 0.15) is 17.5 Å². The molecule has 2 aromatic heterocycles. The van der Waals surface area contributed by atoms with Crippen LogP contribution in [0.15, 0.2) is 53.7 Å². The third-order valence-electron chi connectivity index (χ3n) is 4.71. The molecule has 0 atom stereocenters. The summed E-state index contributed by atoms with van der Waals surface area (Å²) >= 11 is 0. The molecule has 0 aliphatic rings. The fourth-order valence-corrected chi connectivity index (χ4v) is 3.37. The SMILES string of the molecule is Cc1cc(C)n(/C(N)=N/C(=O)c2ccc3nccc(-c4c(F)cc(F)cc4F)c3c2)n1. The Morgan fingerprint density at radius 3 is 2.39 bits per heavy atom. The smallest absolute Gasteiger partial charge is 0.280 e. The van der Waals surface area contributed by atoms with Gasteiger partial charge >= 0.3 is 0 Å². The van der Waals surface area contributed by atoms with Crippen molar-refractivity contribution >= 4 is 22.8 Å². The Morgan fingerprint density at radius 1 is 1.03 bits per heavy atom. The van der Waals surface area contributed by atoms with Crippen LogP contribution in [-0.4, -0.2) is 26.6 Å². The number of fused-ring (bicyclic) bond motifs is 1. The molecule has 0 unspecified atom stereocenters. The maximum Gasteiger partial charge on any atom is 0.280 e. The number of aliphatic imine (C=N–C) groups is 1. The number of aryl methyl sites for hydroxylation is 2. The predicted octanol–water partition coefficient (Wildman–Crippen LogP) is 4.14. The lowest BCUT2D eigenvalue weighted by Gasteiger charge is -2.10. The Morgan fingerprint density at radius 2 is 1.74 bits per heavy atom. The summed E-state index contributed by atoms with van der Waals surface area (Å²) in [5.74, 6) is -3.93. The number of benzene rings is 2. The van der Waals surface area contributed by atoms with Crippen LogP contribution in [0.1, 0.15) is 21.7 Å². The summed E-state index contributed by atoms with van der Waals surface area (Å²) in [6.45, 7) is 3.55. The molecule has 0 bridgehead atoms. The van der Waals surface area contributed by atoms with Crippen molar-refractivity contribution in [1.82, 2.24) is 14.8 Å². The minimum absolute atomic E-state index is 0.113. The van der Waals surface area contributed by atoms with Gasteiger partial charge in [0.2, 0.25) is 5.96 Å². The standard InChI is InChI=1S/C22H16F3N5O/c1-11-7-12(2)30(29-11)22(26)28-21(31)13-3-4-19-16(8-13)15(5-6-27-19)20-17(24)9-14(23)10-18(20)25/h3-10H,1-2H3,(H2,26,28,31). The highest BCUT2D eigenvalue weighted by Crippen LogP contribution is 2.32. The molecular weight excluding hydrogens is 407 g/mol. The van der Waals surface area contributed by atoms with Gasteiger partial charge in [-0.15, -0.1) is 0 Å². The maximum atomic E-state index is 14.4. The van der Waals surface area contributed by atoms with Crippen molar-refractivity contribution in [2.75, 3.05) is 0 Å². The topological polar surface area (TPSA) is 86.2 Å². The number of carbonyl (C=O) groups is 1. The van der Waals surface area contributed by atoms with Gasteiger partial charge in [0.25, 0.3) is 5.91 Å². The first-order valence-corrected chi connectivity index (χ1v) is 9.20. The number of hydrogen-bond acceptors (Lipinski definition) is 3. The minimum Gasteiger partial charge on any atom is -0.368 e. The van der Waals surface area contributed by atoms with E-state index < -0.39 is 28.9 Å². The number of amides is 1. The van der Waals surface area contributed by atoms with Gasteiger partial charge in [-0.05, 0) is 49.7 Å². The maximum absolute atomic E-state index is 14.4. The number of rotatable bonds is 2. The predicted molar refractivity (Wildman–Crippen MR) is 110 cm³/mol. The molecule has 6 nitrogen and oxygen atoms in total. The first kappa shape index (κ1) is 20.3. The van der Waals surface area contributed by atoms with E-state index in [2.05, 4.69) is 15.1 Å². The molecule has 0 fully saturated rings. The van der Waals surface area contributed by atoms with Gasteiger partial charge in [0.05, 0.1) is 16.8 Å². The van der Waals surface area contributed by atoms with Crippen LogP contribution >= 0.6 is 0 Å². The average Bonchev–Trinajstić information content (AvgIpc) is 3.05. The Bertz CT molecular complexity index is 1350. The molecule has 1 amide bonds. The summed E-state index contributed by atoms with van der Waals surface area (Å²) in [6, 6.07) is 8.80. The zero-order chi connectivity index (χ0) is 22.3. The van der Waals surface area contributed by atoms with Gasteiger partial charge in [-0.1, -0.05) is 0 Å². The molecule has 4 rings (SSSR count). The Hall–Kier alpha value is -4.01. The molecule has 4 aromatic rings. The largest absolute Gasteiger partial charge is 0.368 e. The number of carbonyl (C=O) groups excluding carboxylic acids is 1. The fourth-order valence-electron chi connectivity index (χ4n) is 3.37. The van der Waals surface area contributed by atoms with E-state index in [-0.39, 0.29) is 17.1 Å². The zero-order valence-electron chi connectivity index (χ0n) is 16.5. The van der Waals surface area contributed by atoms with E-state index in [1.54, 1.807) is 19.9 Å². The van der Waals surface area contributed by atoms with Crippen LogP contribution in [0.4, 0.5) is 13.2 Å². The van der Waals surface area contributed by atoms with Gasteiger partial charge in [-0.3, -0.25) is 9.78 Å². The van der Waals surface area contributed by atoms with Crippen molar-refractivity contribution < 1.29 is 18.0 Å². The summed E-state index contributed by atoms with van der Waals surface area (Å²) in [5, 5.41) is 4.48. The average molecular weight is 423 g/mol. The van der Waals surface area contributed by atoms with Gasteiger partial charge in [0, 0.05) is 35.0 Å². The highest BCUT2D eigenvalue weighted by atomic mass is 19.1. The van der Waals surface area contributed by atoms with E-state index in [1.165, 1.54) is 35.1 Å². The molecule has 0 aliphatic carbocycles. The lowest BCUT2D eigenvalue weighted by Crippen LogP contribution is -2.26. The van der Waals surface area contributed by atoms with Crippen molar-refractivity contribution in [2.24, 2.45) is 10.7 Å².